The molecule has 0 bridgehead atoms. The first-order valence-corrected chi connectivity index (χ1v) is 7.47. The molecule has 1 aliphatic carbocycles. The molecule has 1 N–H and O–H groups in total. The topological polar surface area (TPSA) is 100 Å². The van der Waals surface area contributed by atoms with Crippen molar-refractivity contribution < 1.29 is 9.53 Å². The summed E-state index contributed by atoms with van der Waals surface area (Å²) in [4.78, 5) is 16.2. The Morgan fingerprint density at radius 1 is 1.33 bits per heavy atom. The van der Waals surface area contributed by atoms with Crippen LogP contribution in [0.1, 0.15) is 19.5 Å². The third-order valence-electron chi connectivity index (χ3n) is 3.66. The van der Waals surface area contributed by atoms with E-state index >= 15 is 0 Å². The molecule has 120 valence electrons. The van der Waals surface area contributed by atoms with Crippen molar-refractivity contribution in [3.63, 3.8) is 0 Å². The molecule has 3 rings (SSSR count). The van der Waals surface area contributed by atoms with Crippen LogP contribution in [0, 0.1) is 23.2 Å². The Morgan fingerprint density at radius 3 is 2.83 bits per heavy atom. The van der Waals surface area contributed by atoms with Gasteiger partial charge in [-0.1, -0.05) is 32.1 Å². The third kappa shape index (κ3) is 3.22. The molecule has 2 heterocycles. The average molecular weight is 321 g/mol. The number of carbonyl (C=O) groups excluding carboxylic acids is 1. The van der Waals surface area contributed by atoms with Gasteiger partial charge in [0.1, 0.15) is 11.9 Å². The van der Waals surface area contributed by atoms with Crippen LogP contribution in [0.5, 0.6) is 5.88 Å². The van der Waals surface area contributed by atoms with Crippen molar-refractivity contribution in [2.24, 2.45) is 16.8 Å². The van der Waals surface area contributed by atoms with Gasteiger partial charge in [-0.15, -0.1) is 10.2 Å². The van der Waals surface area contributed by atoms with E-state index in [1.165, 1.54) is 17.7 Å². The lowest BCUT2D eigenvalue weighted by atomic mass is 9.89. The molecule has 1 atom stereocenters. The van der Waals surface area contributed by atoms with Crippen LogP contribution in [0.2, 0.25) is 0 Å². The zero-order chi connectivity index (χ0) is 17.1. The number of nitrogens with one attached hydrogen (secondary N) is 1. The van der Waals surface area contributed by atoms with Crippen molar-refractivity contribution in [3.05, 3.63) is 53.0 Å². The summed E-state index contributed by atoms with van der Waals surface area (Å²) in [6, 6.07) is 4.66. The molecule has 0 radical (unpaired) electrons. The molecule has 0 aromatic carbocycles. The first-order chi connectivity index (χ1) is 11.6. The van der Waals surface area contributed by atoms with Gasteiger partial charge in [0.15, 0.2) is 5.69 Å². The van der Waals surface area contributed by atoms with Crippen LogP contribution in [-0.4, -0.2) is 22.5 Å². The van der Waals surface area contributed by atoms with Gasteiger partial charge in [-0.3, -0.25) is 5.32 Å². The van der Waals surface area contributed by atoms with Crippen LogP contribution in [0.25, 0.3) is 0 Å². The number of ether oxygens (including phenoxy) is 1. The fraction of sp³-hybridized carbons (Fsp3) is 0.235. The van der Waals surface area contributed by atoms with E-state index in [1.54, 1.807) is 6.21 Å². The highest BCUT2D eigenvalue weighted by Gasteiger charge is 2.24. The zero-order valence-electron chi connectivity index (χ0n) is 13.2. The molecule has 0 saturated heterocycles. The Kier molecular flexibility index (Phi) is 4.20. The van der Waals surface area contributed by atoms with Crippen LogP contribution in [0.3, 0.4) is 0 Å². The molecule has 7 nitrogen and oxygen atoms in total. The van der Waals surface area contributed by atoms with Crippen molar-refractivity contribution >= 4 is 12.3 Å². The van der Waals surface area contributed by atoms with Crippen LogP contribution in [0.15, 0.2) is 52.3 Å². The number of carbonyl (C=O) groups is 1. The highest BCUT2D eigenvalue weighted by atomic mass is 16.6. The van der Waals surface area contributed by atoms with E-state index < -0.39 is 6.09 Å². The maximum atomic E-state index is 12.0. The number of nitriles is 1. The van der Waals surface area contributed by atoms with Gasteiger partial charge in [-0.05, 0) is 17.6 Å². The van der Waals surface area contributed by atoms with Crippen LogP contribution in [-0.2, 0) is 0 Å². The molecular weight excluding hydrogens is 306 g/mol. The van der Waals surface area contributed by atoms with Crippen molar-refractivity contribution in [3.8, 4) is 11.9 Å². The standard InChI is InChI=1S/C17H15N5O2/c1-10(2)11-3-5-14-12(7-11)9-19-16(14)20-17(23)24-15-6-4-13(8-18)21-22-15/h3-7,9-10,12H,1-2H3,(H,20,23). The second-order valence-corrected chi connectivity index (χ2v) is 5.65. The molecule has 1 aliphatic heterocycles. The van der Waals surface area contributed by atoms with Crippen LogP contribution >= 0.6 is 0 Å². The first-order valence-electron chi connectivity index (χ1n) is 7.47. The van der Waals surface area contributed by atoms with Gasteiger partial charge < -0.3 is 4.74 Å². The SMILES string of the molecule is CC(C)C1=CC2C=NC(NC(=O)Oc3ccc(C#N)nn3)=C2C=C1. The Hall–Kier alpha value is -3.27. The Bertz CT molecular complexity index is 826. The van der Waals surface area contributed by atoms with Gasteiger partial charge in [0, 0.05) is 23.8 Å². The van der Waals surface area contributed by atoms with Crippen molar-refractivity contribution in [1.82, 2.24) is 15.5 Å². The Morgan fingerprint density at radius 2 is 2.17 bits per heavy atom. The number of allylic oxidation sites excluding steroid dienone is 5. The van der Waals surface area contributed by atoms with Crippen molar-refractivity contribution in [1.29, 1.82) is 5.26 Å². The summed E-state index contributed by atoms with van der Waals surface area (Å²) in [6.07, 6.45) is 7.21. The molecule has 1 unspecified atom stereocenters. The quantitative estimate of drug-likeness (QED) is 0.922. The molecule has 0 spiro atoms. The molecule has 7 heteroatoms. The van der Waals surface area contributed by atoms with E-state index in [9.17, 15) is 4.79 Å². The van der Waals surface area contributed by atoms with Gasteiger partial charge in [0.25, 0.3) is 0 Å². The molecule has 0 saturated carbocycles. The van der Waals surface area contributed by atoms with Gasteiger partial charge in [-0.2, -0.15) is 5.26 Å². The molecule has 1 amide bonds. The second-order valence-electron chi connectivity index (χ2n) is 5.65. The average Bonchev–Trinajstić information content (AvgIpc) is 2.97. The van der Waals surface area contributed by atoms with E-state index in [4.69, 9.17) is 10.00 Å². The fourth-order valence-corrected chi connectivity index (χ4v) is 2.38. The maximum Gasteiger partial charge on any atom is 0.419 e. The monoisotopic (exact) mass is 321 g/mol. The van der Waals surface area contributed by atoms with E-state index in [-0.39, 0.29) is 17.5 Å². The second kappa shape index (κ2) is 6.46. The van der Waals surface area contributed by atoms with Gasteiger partial charge in [0.05, 0.1) is 0 Å². The maximum absolute atomic E-state index is 12.0. The van der Waals surface area contributed by atoms with E-state index in [1.807, 2.05) is 18.2 Å². The molecule has 1 aromatic heterocycles. The molecule has 24 heavy (non-hydrogen) atoms. The smallest absolute Gasteiger partial charge is 0.389 e. The lowest BCUT2D eigenvalue weighted by Crippen LogP contribution is -2.26. The number of aliphatic imine (C=N–C) groups is 1. The highest BCUT2D eigenvalue weighted by molar-refractivity contribution is 5.80. The van der Waals surface area contributed by atoms with E-state index in [0.29, 0.717) is 11.7 Å². The Labute approximate surface area is 139 Å². The number of hydrogen-bond acceptors (Lipinski definition) is 6. The summed E-state index contributed by atoms with van der Waals surface area (Å²) in [5.74, 6) is 0.976. The normalized spacial score (nSPS) is 18.2. The minimum absolute atomic E-state index is 0.0109. The number of rotatable bonds is 3. The summed E-state index contributed by atoms with van der Waals surface area (Å²) in [7, 11) is 0. The minimum atomic E-state index is -0.707. The lowest BCUT2D eigenvalue weighted by molar-refractivity contribution is 0.201. The van der Waals surface area contributed by atoms with Crippen molar-refractivity contribution in [2.75, 3.05) is 0 Å². The number of amides is 1. The summed E-state index contributed by atoms with van der Waals surface area (Å²) >= 11 is 0. The number of hydrogen-bond donors (Lipinski definition) is 1. The summed E-state index contributed by atoms with van der Waals surface area (Å²) in [5.41, 5.74) is 2.31. The molecule has 1 aromatic rings. The molecular formula is C17H15N5O2. The predicted molar refractivity (Wildman–Crippen MR) is 87.0 cm³/mol. The van der Waals surface area contributed by atoms with Gasteiger partial charge in [0.2, 0.25) is 5.88 Å². The Balaban J connectivity index is 1.67. The van der Waals surface area contributed by atoms with Gasteiger partial charge in [-0.25, -0.2) is 9.79 Å². The highest BCUT2D eigenvalue weighted by Crippen LogP contribution is 2.30. The van der Waals surface area contributed by atoms with Crippen molar-refractivity contribution in [2.45, 2.75) is 13.8 Å². The zero-order valence-corrected chi connectivity index (χ0v) is 13.2. The predicted octanol–water partition coefficient (Wildman–Crippen LogP) is 2.50. The largest absolute Gasteiger partial charge is 0.419 e. The summed E-state index contributed by atoms with van der Waals surface area (Å²) in [6.45, 7) is 4.26. The van der Waals surface area contributed by atoms with Gasteiger partial charge >= 0.3 is 6.09 Å². The van der Waals surface area contributed by atoms with E-state index in [2.05, 4.69) is 40.4 Å². The summed E-state index contributed by atoms with van der Waals surface area (Å²) in [5, 5.41) is 18.5. The minimum Gasteiger partial charge on any atom is -0.389 e. The number of fused-ring (bicyclic) bond motifs is 1. The van der Waals surface area contributed by atoms with Crippen LogP contribution in [0.4, 0.5) is 4.79 Å². The molecule has 2 aliphatic rings. The van der Waals surface area contributed by atoms with E-state index in [0.717, 1.165) is 5.57 Å². The summed E-state index contributed by atoms with van der Waals surface area (Å²) < 4.78 is 5.03. The lowest BCUT2D eigenvalue weighted by Gasteiger charge is -2.16. The fourth-order valence-electron chi connectivity index (χ4n) is 2.38. The third-order valence-corrected chi connectivity index (χ3v) is 3.66. The van der Waals surface area contributed by atoms with Crippen LogP contribution < -0.4 is 10.1 Å². The number of nitrogens with zero attached hydrogens (tertiary/aromatic N) is 4. The molecule has 0 fully saturated rings. The number of aromatic nitrogens is 2. The first kappa shape index (κ1) is 15.6.